The fourth-order valence-electron chi connectivity index (χ4n) is 4.14. The maximum absolute atomic E-state index is 13.6. The number of aromatic nitrogens is 1. The molecule has 0 radical (unpaired) electrons. The summed E-state index contributed by atoms with van der Waals surface area (Å²) in [6, 6.07) is 23.8. The summed E-state index contributed by atoms with van der Waals surface area (Å²) in [5, 5.41) is 8.00. The zero-order valence-electron chi connectivity index (χ0n) is 21.8. The van der Waals surface area contributed by atoms with E-state index in [0.29, 0.717) is 28.6 Å². The number of hydrogen-bond acceptors (Lipinski definition) is 4. The standard InChI is InChI=1S/C30H34N2O3S/c1-20-26-19-23(14-17-25(26)29(34)35-32-20)31-28(33)27(18-21-10-8-7-9-11-21)22-12-15-24(16-13-22)36(5,6)30(2,3)4/h7-17,19,27H,18H2,1-6H3,(H,31,33). The zero-order valence-corrected chi connectivity index (χ0v) is 22.6. The topological polar surface area (TPSA) is 72.2 Å². The molecule has 4 aromatic rings. The minimum atomic E-state index is -1.01. The number of carbonyl (C=O) groups excluding carboxylic acids is 1. The van der Waals surface area contributed by atoms with Crippen molar-refractivity contribution in [2.45, 2.75) is 49.7 Å². The molecule has 36 heavy (non-hydrogen) atoms. The molecule has 1 atom stereocenters. The van der Waals surface area contributed by atoms with Crippen molar-refractivity contribution in [2.24, 2.45) is 0 Å². The van der Waals surface area contributed by atoms with Crippen LogP contribution in [-0.2, 0) is 11.2 Å². The van der Waals surface area contributed by atoms with Crippen molar-refractivity contribution in [3.05, 3.63) is 100 Å². The summed E-state index contributed by atoms with van der Waals surface area (Å²) in [5.74, 6) is -0.466. The summed E-state index contributed by atoms with van der Waals surface area (Å²) in [5.41, 5.74) is 2.80. The molecule has 1 unspecified atom stereocenters. The fourth-order valence-corrected chi connectivity index (χ4v) is 5.67. The SMILES string of the molecule is Cc1noc(=O)c2ccc(NC(=O)C(Cc3ccccc3)c3ccc(S(C)(C)C(C)(C)C)cc3)cc12. The van der Waals surface area contributed by atoms with Crippen molar-refractivity contribution in [1.82, 2.24) is 5.16 Å². The molecule has 1 aromatic heterocycles. The van der Waals surface area contributed by atoms with E-state index in [-0.39, 0.29) is 16.6 Å². The third-order valence-corrected chi connectivity index (χ3v) is 11.7. The Labute approximate surface area is 214 Å². The summed E-state index contributed by atoms with van der Waals surface area (Å²) in [6.07, 6.45) is 5.26. The molecule has 0 aliphatic rings. The largest absolute Gasteiger partial charge is 0.366 e. The molecule has 188 valence electrons. The third-order valence-electron chi connectivity index (χ3n) is 7.16. The average molecular weight is 503 g/mol. The first kappa shape index (κ1) is 25.7. The van der Waals surface area contributed by atoms with Gasteiger partial charge in [0.15, 0.2) is 0 Å². The highest BCUT2D eigenvalue weighted by Gasteiger charge is 2.30. The van der Waals surface area contributed by atoms with Crippen molar-refractivity contribution in [3.63, 3.8) is 0 Å². The summed E-state index contributed by atoms with van der Waals surface area (Å²) < 4.78 is 4.99. The first-order chi connectivity index (χ1) is 17.0. The van der Waals surface area contributed by atoms with Gasteiger partial charge in [-0.1, -0.05) is 68.4 Å². The molecule has 5 nitrogen and oxygen atoms in total. The first-order valence-electron chi connectivity index (χ1n) is 12.1. The van der Waals surface area contributed by atoms with E-state index < -0.39 is 15.7 Å². The Kier molecular flexibility index (Phi) is 7.10. The highest BCUT2D eigenvalue weighted by atomic mass is 32.3. The zero-order chi connectivity index (χ0) is 26.1. The highest BCUT2D eigenvalue weighted by Crippen LogP contribution is 2.59. The van der Waals surface area contributed by atoms with Gasteiger partial charge >= 0.3 is 5.63 Å². The second-order valence-electron chi connectivity index (χ2n) is 10.6. The van der Waals surface area contributed by atoms with Crippen LogP contribution >= 0.6 is 10.0 Å². The van der Waals surface area contributed by atoms with Crippen LogP contribution in [0.25, 0.3) is 10.8 Å². The van der Waals surface area contributed by atoms with E-state index in [1.165, 1.54) is 4.90 Å². The Balaban J connectivity index is 1.67. The van der Waals surface area contributed by atoms with Gasteiger partial charge in [-0.05, 0) is 77.0 Å². The van der Waals surface area contributed by atoms with Gasteiger partial charge in [0, 0.05) is 11.1 Å². The predicted molar refractivity (Wildman–Crippen MR) is 150 cm³/mol. The Morgan fingerprint density at radius 2 is 1.64 bits per heavy atom. The molecular weight excluding hydrogens is 468 g/mol. The van der Waals surface area contributed by atoms with Gasteiger partial charge in [-0.25, -0.2) is 14.8 Å². The molecule has 0 bridgehead atoms. The number of rotatable bonds is 6. The van der Waals surface area contributed by atoms with Crippen molar-refractivity contribution in [2.75, 3.05) is 17.8 Å². The van der Waals surface area contributed by atoms with Gasteiger partial charge in [0.05, 0.1) is 17.0 Å². The first-order valence-corrected chi connectivity index (χ1v) is 14.5. The molecule has 0 aliphatic heterocycles. The van der Waals surface area contributed by atoms with Gasteiger partial charge in [0.1, 0.15) is 0 Å². The summed E-state index contributed by atoms with van der Waals surface area (Å²) >= 11 is 0. The lowest BCUT2D eigenvalue weighted by atomic mass is 9.91. The molecular formula is C30H34N2O3S. The lowest BCUT2D eigenvalue weighted by molar-refractivity contribution is -0.117. The third kappa shape index (κ3) is 5.24. The normalized spacial score (nSPS) is 13.4. The van der Waals surface area contributed by atoms with E-state index in [4.69, 9.17) is 4.52 Å². The Bertz CT molecular complexity index is 1440. The minimum absolute atomic E-state index is 0.0954. The molecule has 0 spiro atoms. The van der Waals surface area contributed by atoms with Crippen LogP contribution in [0.2, 0.25) is 0 Å². The van der Waals surface area contributed by atoms with Crippen LogP contribution < -0.4 is 10.9 Å². The number of benzene rings is 3. The van der Waals surface area contributed by atoms with Crippen LogP contribution in [0.1, 0.15) is 43.5 Å². The quantitative estimate of drug-likeness (QED) is 0.319. The van der Waals surface area contributed by atoms with E-state index in [2.05, 4.69) is 68.0 Å². The van der Waals surface area contributed by atoms with Crippen LogP contribution in [0, 0.1) is 6.92 Å². The van der Waals surface area contributed by atoms with E-state index in [1.54, 1.807) is 25.1 Å². The van der Waals surface area contributed by atoms with Crippen molar-refractivity contribution in [1.29, 1.82) is 0 Å². The second kappa shape index (κ2) is 9.94. The lowest BCUT2D eigenvalue weighted by Gasteiger charge is -2.45. The lowest BCUT2D eigenvalue weighted by Crippen LogP contribution is -2.24. The number of hydrogen-bond donors (Lipinski definition) is 1. The fraction of sp³-hybridized carbons (Fsp3) is 0.300. The second-order valence-corrected chi connectivity index (χ2v) is 14.9. The molecule has 3 aromatic carbocycles. The molecule has 0 aliphatic carbocycles. The van der Waals surface area contributed by atoms with Crippen molar-refractivity contribution in [3.8, 4) is 0 Å². The Hall–Kier alpha value is -3.38. The van der Waals surface area contributed by atoms with Crippen molar-refractivity contribution < 1.29 is 9.32 Å². The van der Waals surface area contributed by atoms with Crippen molar-refractivity contribution >= 4 is 32.4 Å². The molecule has 1 heterocycles. The van der Waals surface area contributed by atoms with Gasteiger partial charge in [-0.15, -0.1) is 0 Å². The van der Waals surface area contributed by atoms with Crippen LogP contribution in [-0.4, -0.2) is 28.3 Å². The number of amides is 1. The van der Waals surface area contributed by atoms with E-state index >= 15 is 0 Å². The Morgan fingerprint density at radius 3 is 2.28 bits per heavy atom. The number of aryl methyl sites for hydroxylation is 1. The van der Waals surface area contributed by atoms with Gasteiger partial charge in [0.2, 0.25) is 5.91 Å². The maximum atomic E-state index is 13.6. The molecule has 0 saturated heterocycles. The minimum Gasteiger partial charge on any atom is -0.326 e. The molecule has 4 rings (SSSR count). The van der Waals surface area contributed by atoms with Crippen LogP contribution in [0.3, 0.4) is 0 Å². The smallest absolute Gasteiger partial charge is 0.326 e. The van der Waals surface area contributed by atoms with E-state index in [9.17, 15) is 9.59 Å². The van der Waals surface area contributed by atoms with E-state index in [0.717, 1.165) is 11.1 Å². The molecule has 1 amide bonds. The van der Waals surface area contributed by atoms with Crippen LogP contribution in [0.4, 0.5) is 5.69 Å². The Morgan fingerprint density at radius 1 is 0.972 bits per heavy atom. The number of nitrogens with zero attached hydrogens (tertiary/aromatic N) is 1. The molecule has 0 fully saturated rings. The van der Waals surface area contributed by atoms with Crippen LogP contribution in [0.15, 0.2) is 87.0 Å². The van der Waals surface area contributed by atoms with E-state index in [1.807, 2.05) is 30.3 Å². The van der Waals surface area contributed by atoms with Gasteiger partial charge in [-0.2, -0.15) is 0 Å². The monoisotopic (exact) mass is 502 g/mol. The maximum Gasteiger partial charge on any atom is 0.366 e. The summed E-state index contributed by atoms with van der Waals surface area (Å²) in [6.45, 7) is 8.63. The summed E-state index contributed by atoms with van der Waals surface area (Å²) in [7, 11) is -1.01. The molecule has 0 saturated carbocycles. The number of fused-ring (bicyclic) bond motifs is 1. The van der Waals surface area contributed by atoms with Gasteiger partial charge in [0.25, 0.3) is 0 Å². The van der Waals surface area contributed by atoms with Gasteiger partial charge in [-0.3, -0.25) is 4.79 Å². The predicted octanol–water partition coefficient (Wildman–Crippen LogP) is 6.68. The number of carbonyl (C=O) groups is 1. The molecule has 1 N–H and O–H groups in total. The average Bonchev–Trinajstić information content (AvgIpc) is 2.85. The number of nitrogens with one attached hydrogen (secondary N) is 1. The summed E-state index contributed by atoms with van der Waals surface area (Å²) in [4.78, 5) is 27.0. The highest BCUT2D eigenvalue weighted by molar-refractivity contribution is 8.33. The number of anilines is 1. The molecule has 6 heteroatoms. The van der Waals surface area contributed by atoms with Crippen LogP contribution in [0.5, 0.6) is 0 Å². The van der Waals surface area contributed by atoms with Gasteiger partial charge < -0.3 is 9.84 Å².